The van der Waals surface area contributed by atoms with Gasteiger partial charge in [0, 0.05) is 23.2 Å². The van der Waals surface area contributed by atoms with E-state index in [1.165, 1.54) is 12.1 Å². The molecular weight excluding hydrogens is 376 g/mol. The number of carbonyl (C=O) groups is 1. The Balaban J connectivity index is 2.14. The highest BCUT2D eigenvalue weighted by molar-refractivity contribution is 7.92. The van der Waals surface area contributed by atoms with Gasteiger partial charge < -0.3 is 5.11 Å². The molecule has 0 atom stereocenters. The minimum Gasteiger partial charge on any atom is -0.480 e. The summed E-state index contributed by atoms with van der Waals surface area (Å²) in [5, 5.41) is 10.7. The molecule has 2 aromatic carbocycles. The fourth-order valence-corrected chi connectivity index (χ4v) is 4.43. The van der Waals surface area contributed by atoms with E-state index in [2.05, 4.69) is 4.98 Å². The van der Waals surface area contributed by atoms with E-state index in [0.29, 0.717) is 11.1 Å². The van der Waals surface area contributed by atoms with E-state index in [9.17, 15) is 18.3 Å². The topological polar surface area (TPSA) is 87.6 Å². The summed E-state index contributed by atoms with van der Waals surface area (Å²) in [6, 6.07) is 13.3. The summed E-state index contributed by atoms with van der Waals surface area (Å²) in [6.45, 7) is 5.44. The van der Waals surface area contributed by atoms with E-state index in [0.717, 1.165) is 15.3 Å². The lowest BCUT2D eigenvalue weighted by Crippen LogP contribution is -2.36. The van der Waals surface area contributed by atoms with Gasteiger partial charge in [-0.3, -0.25) is 14.1 Å². The molecular formula is C21H22N2O4S. The Morgan fingerprint density at radius 2 is 1.75 bits per heavy atom. The predicted molar refractivity (Wildman–Crippen MR) is 109 cm³/mol. The third-order valence-corrected chi connectivity index (χ3v) is 6.29. The maximum Gasteiger partial charge on any atom is 0.324 e. The van der Waals surface area contributed by atoms with Crippen LogP contribution in [0.4, 0.5) is 5.69 Å². The SMILES string of the molecule is CC(C)(C)c1ccc(S(=O)(=O)N(CC(=O)O)c2cccc3cnccc23)cc1. The number of hydrogen-bond acceptors (Lipinski definition) is 4. The number of sulfonamides is 1. The van der Waals surface area contributed by atoms with E-state index in [4.69, 9.17) is 0 Å². The first-order valence-electron chi connectivity index (χ1n) is 8.78. The van der Waals surface area contributed by atoms with Gasteiger partial charge in [0.05, 0.1) is 10.6 Å². The van der Waals surface area contributed by atoms with Gasteiger partial charge in [-0.25, -0.2) is 8.42 Å². The number of carboxylic acid groups (broad SMARTS) is 1. The lowest BCUT2D eigenvalue weighted by molar-refractivity contribution is -0.135. The Kier molecular flexibility index (Phi) is 5.12. The Hall–Kier alpha value is -2.93. The maximum atomic E-state index is 13.3. The van der Waals surface area contributed by atoms with Crippen LogP contribution in [0.25, 0.3) is 10.8 Å². The van der Waals surface area contributed by atoms with Crippen LogP contribution in [0.3, 0.4) is 0 Å². The first-order valence-corrected chi connectivity index (χ1v) is 10.2. The van der Waals surface area contributed by atoms with Crippen LogP contribution >= 0.6 is 0 Å². The molecule has 146 valence electrons. The molecule has 28 heavy (non-hydrogen) atoms. The number of aliphatic carboxylic acids is 1. The molecule has 0 fully saturated rings. The summed E-state index contributed by atoms with van der Waals surface area (Å²) in [7, 11) is -4.07. The summed E-state index contributed by atoms with van der Waals surface area (Å²) in [5.74, 6) is -1.24. The zero-order valence-electron chi connectivity index (χ0n) is 16.0. The minimum absolute atomic E-state index is 0.0489. The molecule has 0 amide bonds. The summed E-state index contributed by atoms with van der Waals surface area (Å²) in [4.78, 5) is 15.6. The summed E-state index contributed by atoms with van der Waals surface area (Å²) in [5.41, 5.74) is 1.18. The molecule has 3 aromatic rings. The molecule has 7 heteroatoms. The van der Waals surface area contributed by atoms with E-state index in [1.54, 1.807) is 48.8 Å². The summed E-state index contributed by atoms with van der Waals surface area (Å²) >= 11 is 0. The van der Waals surface area contributed by atoms with Crippen LogP contribution in [-0.2, 0) is 20.2 Å². The second kappa shape index (κ2) is 7.24. The Bertz CT molecular complexity index is 1110. The number of benzene rings is 2. The average Bonchev–Trinajstić information content (AvgIpc) is 2.65. The highest BCUT2D eigenvalue weighted by Gasteiger charge is 2.28. The van der Waals surface area contributed by atoms with E-state index in [1.807, 2.05) is 20.8 Å². The molecule has 6 nitrogen and oxygen atoms in total. The number of anilines is 1. The third-order valence-electron chi connectivity index (χ3n) is 4.51. The second-order valence-electron chi connectivity index (χ2n) is 7.55. The number of hydrogen-bond donors (Lipinski definition) is 1. The van der Waals surface area contributed by atoms with Crippen LogP contribution in [0.5, 0.6) is 0 Å². The van der Waals surface area contributed by atoms with Crippen molar-refractivity contribution in [1.82, 2.24) is 4.98 Å². The molecule has 0 radical (unpaired) electrons. The van der Waals surface area contributed by atoms with Gasteiger partial charge in [0.1, 0.15) is 6.54 Å². The fraction of sp³-hybridized carbons (Fsp3) is 0.238. The highest BCUT2D eigenvalue weighted by atomic mass is 32.2. The zero-order chi connectivity index (χ0) is 20.5. The quantitative estimate of drug-likeness (QED) is 0.706. The van der Waals surface area contributed by atoms with Crippen molar-refractivity contribution in [3.8, 4) is 0 Å². The normalized spacial score (nSPS) is 12.1. The van der Waals surface area contributed by atoms with Crippen LogP contribution in [-0.4, -0.2) is 31.0 Å². The molecule has 0 bridgehead atoms. The molecule has 0 aliphatic heterocycles. The Labute approximate surface area is 164 Å². The maximum absolute atomic E-state index is 13.3. The van der Waals surface area contributed by atoms with Gasteiger partial charge in [-0.2, -0.15) is 0 Å². The van der Waals surface area contributed by atoms with E-state index >= 15 is 0 Å². The van der Waals surface area contributed by atoms with Crippen molar-refractivity contribution in [2.24, 2.45) is 0 Å². The Morgan fingerprint density at radius 1 is 1.07 bits per heavy atom. The number of aromatic nitrogens is 1. The van der Waals surface area contributed by atoms with Crippen LogP contribution in [0.2, 0.25) is 0 Å². The first kappa shape index (κ1) is 19.8. The molecule has 0 saturated carbocycles. The molecule has 0 unspecified atom stereocenters. The van der Waals surface area contributed by atoms with Crippen LogP contribution in [0.1, 0.15) is 26.3 Å². The first-order chi connectivity index (χ1) is 13.1. The molecule has 1 aromatic heterocycles. The molecule has 1 heterocycles. The lowest BCUT2D eigenvalue weighted by Gasteiger charge is -2.25. The second-order valence-corrected chi connectivity index (χ2v) is 9.42. The smallest absolute Gasteiger partial charge is 0.324 e. The van der Waals surface area contributed by atoms with Crippen LogP contribution < -0.4 is 4.31 Å². The standard InChI is InChI=1S/C21H22N2O4S/c1-21(2,3)16-7-9-17(10-8-16)28(26,27)23(14-20(24)25)19-6-4-5-15-13-22-12-11-18(15)19/h4-13H,14H2,1-3H3,(H,24,25). The van der Waals surface area contributed by atoms with Crippen LogP contribution in [0, 0.1) is 0 Å². The Morgan fingerprint density at radius 3 is 2.36 bits per heavy atom. The molecule has 1 N–H and O–H groups in total. The minimum atomic E-state index is -4.07. The van der Waals surface area contributed by atoms with Crippen molar-refractivity contribution in [3.05, 3.63) is 66.5 Å². The molecule has 0 aliphatic carbocycles. The fourth-order valence-electron chi connectivity index (χ4n) is 3.00. The largest absolute Gasteiger partial charge is 0.480 e. The van der Waals surface area contributed by atoms with Crippen LogP contribution in [0.15, 0.2) is 65.8 Å². The van der Waals surface area contributed by atoms with Crippen molar-refractivity contribution in [2.45, 2.75) is 31.1 Å². The zero-order valence-corrected chi connectivity index (χ0v) is 16.8. The van der Waals surface area contributed by atoms with Crippen molar-refractivity contribution >= 4 is 32.5 Å². The summed E-state index contributed by atoms with van der Waals surface area (Å²) in [6.07, 6.45) is 3.16. The van der Waals surface area contributed by atoms with Crippen molar-refractivity contribution in [3.63, 3.8) is 0 Å². The average molecular weight is 398 g/mol. The van der Waals surface area contributed by atoms with E-state index < -0.39 is 22.5 Å². The van der Waals surface area contributed by atoms with Gasteiger partial charge in [0.25, 0.3) is 10.0 Å². The molecule has 0 spiro atoms. The number of carboxylic acids is 1. The number of nitrogens with zero attached hydrogens (tertiary/aromatic N) is 2. The van der Waals surface area contributed by atoms with Crippen molar-refractivity contribution in [2.75, 3.05) is 10.8 Å². The third kappa shape index (κ3) is 3.84. The molecule has 0 aliphatic rings. The summed E-state index contributed by atoms with van der Waals surface area (Å²) < 4.78 is 27.6. The van der Waals surface area contributed by atoms with Gasteiger partial charge in [-0.15, -0.1) is 0 Å². The van der Waals surface area contributed by atoms with Gasteiger partial charge in [-0.05, 0) is 35.2 Å². The van der Waals surface area contributed by atoms with Gasteiger partial charge in [0.15, 0.2) is 0 Å². The lowest BCUT2D eigenvalue weighted by atomic mass is 9.87. The monoisotopic (exact) mass is 398 g/mol. The molecule has 3 rings (SSSR count). The number of rotatable bonds is 5. The molecule has 0 saturated heterocycles. The van der Waals surface area contributed by atoms with E-state index in [-0.39, 0.29) is 10.3 Å². The number of fused-ring (bicyclic) bond motifs is 1. The van der Waals surface area contributed by atoms with Gasteiger partial charge in [0.2, 0.25) is 0 Å². The number of pyridine rings is 1. The highest BCUT2D eigenvalue weighted by Crippen LogP contribution is 2.31. The predicted octanol–water partition coefficient (Wildman–Crippen LogP) is 3.81. The van der Waals surface area contributed by atoms with Gasteiger partial charge >= 0.3 is 5.97 Å². The van der Waals surface area contributed by atoms with Crippen molar-refractivity contribution in [1.29, 1.82) is 0 Å². The van der Waals surface area contributed by atoms with Crippen molar-refractivity contribution < 1.29 is 18.3 Å². The van der Waals surface area contributed by atoms with Gasteiger partial charge in [-0.1, -0.05) is 45.0 Å².